The van der Waals surface area contributed by atoms with Gasteiger partial charge in [-0.25, -0.2) is 18.0 Å². The SMILES string of the molecule is CCN(CC)S(=O)(=O)c1ccc(N2CCCC2)c(C(=O)OCC(=O)OC)c1. The number of esters is 2. The summed E-state index contributed by atoms with van der Waals surface area (Å²) in [5.41, 5.74) is 0.745. The van der Waals surface area contributed by atoms with Gasteiger partial charge in [0.2, 0.25) is 10.0 Å². The van der Waals surface area contributed by atoms with Crippen molar-refractivity contribution in [1.29, 1.82) is 0 Å². The van der Waals surface area contributed by atoms with Gasteiger partial charge in [-0.3, -0.25) is 0 Å². The molecular weight excluding hydrogens is 372 g/mol. The van der Waals surface area contributed by atoms with Crippen LogP contribution in [-0.2, 0) is 24.3 Å². The predicted molar refractivity (Wildman–Crippen MR) is 100 cm³/mol. The van der Waals surface area contributed by atoms with Gasteiger partial charge in [0.1, 0.15) is 0 Å². The Morgan fingerprint density at radius 1 is 1.15 bits per heavy atom. The van der Waals surface area contributed by atoms with Crippen LogP contribution in [0, 0.1) is 0 Å². The Hall–Kier alpha value is -2.13. The van der Waals surface area contributed by atoms with E-state index >= 15 is 0 Å². The normalized spacial score (nSPS) is 14.4. The molecule has 2 rings (SSSR count). The lowest BCUT2D eigenvalue weighted by atomic mass is 10.1. The molecule has 0 bridgehead atoms. The van der Waals surface area contributed by atoms with E-state index in [1.807, 2.05) is 4.90 Å². The van der Waals surface area contributed by atoms with Crippen LogP contribution in [0.25, 0.3) is 0 Å². The van der Waals surface area contributed by atoms with Gasteiger partial charge in [-0.2, -0.15) is 4.31 Å². The summed E-state index contributed by atoms with van der Waals surface area (Å²) in [4.78, 5) is 25.9. The number of ether oxygens (including phenoxy) is 2. The largest absolute Gasteiger partial charge is 0.466 e. The third-order valence-electron chi connectivity index (χ3n) is 4.53. The summed E-state index contributed by atoms with van der Waals surface area (Å²) < 4.78 is 36.4. The number of rotatable bonds is 8. The van der Waals surface area contributed by atoms with E-state index < -0.39 is 28.6 Å². The van der Waals surface area contributed by atoms with Crippen LogP contribution in [0.1, 0.15) is 37.0 Å². The number of carbonyl (C=O) groups is 2. The fourth-order valence-electron chi connectivity index (χ4n) is 3.05. The molecule has 1 aliphatic rings. The average Bonchev–Trinajstić information content (AvgIpc) is 3.20. The van der Waals surface area contributed by atoms with E-state index in [0.717, 1.165) is 25.9 Å². The van der Waals surface area contributed by atoms with Crippen molar-refractivity contribution in [3.05, 3.63) is 23.8 Å². The Bertz CT molecular complexity index is 783. The molecule has 0 radical (unpaired) electrons. The minimum atomic E-state index is -3.72. The molecule has 0 spiro atoms. The Labute approximate surface area is 160 Å². The third-order valence-corrected chi connectivity index (χ3v) is 6.57. The number of sulfonamides is 1. The van der Waals surface area contributed by atoms with Crippen molar-refractivity contribution in [3.63, 3.8) is 0 Å². The number of nitrogens with zero attached hydrogens (tertiary/aromatic N) is 2. The van der Waals surface area contributed by atoms with E-state index in [0.29, 0.717) is 18.8 Å². The molecule has 9 heteroatoms. The van der Waals surface area contributed by atoms with Crippen molar-refractivity contribution in [2.75, 3.05) is 44.8 Å². The second-order valence-corrected chi connectivity index (χ2v) is 8.05. The first-order valence-corrected chi connectivity index (χ1v) is 10.4. The van der Waals surface area contributed by atoms with Crippen LogP contribution in [0.4, 0.5) is 5.69 Å². The van der Waals surface area contributed by atoms with Crippen LogP contribution in [0.15, 0.2) is 23.1 Å². The summed E-state index contributed by atoms with van der Waals surface area (Å²) in [5.74, 6) is -1.43. The number of benzene rings is 1. The maximum absolute atomic E-state index is 12.8. The topological polar surface area (TPSA) is 93.2 Å². The first-order chi connectivity index (χ1) is 12.8. The van der Waals surface area contributed by atoms with E-state index in [1.54, 1.807) is 19.9 Å². The lowest BCUT2D eigenvalue weighted by Gasteiger charge is -2.23. The third kappa shape index (κ3) is 4.78. The van der Waals surface area contributed by atoms with Gasteiger partial charge in [0, 0.05) is 26.2 Å². The zero-order valence-electron chi connectivity index (χ0n) is 15.9. The van der Waals surface area contributed by atoms with Crippen molar-refractivity contribution >= 4 is 27.6 Å². The molecule has 1 heterocycles. The van der Waals surface area contributed by atoms with Crippen molar-refractivity contribution in [3.8, 4) is 0 Å². The maximum atomic E-state index is 12.8. The zero-order valence-corrected chi connectivity index (χ0v) is 16.8. The summed E-state index contributed by atoms with van der Waals surface area (Å²) in [6, 6.07) is 4.48. The van der Waals surface area contributed by atoms with Crippen molar-refractivity contribution in [2.45, 2.75) is 31.6 Å². The molecule has 0 unspecified atom stereocenters. The van der Waals surface area contributed by atoms with E-state index in [9.17, 15) is 18.0 Å². The molecule has 8 nitrogen and oxygen atoms in total. The monoisotopic (exact) mass is 398 g/mol. The smallest absolute Gasteiger partial charge is 0.344 e. The number of methoxy groups -OCH3 is 1. The molecule has 1 aromatic carbocycles. The lowest BCUT2D eigenvalue weighted by Crippen LogP contribution is -2.31. The van der Waals surface area contributed by atoms with Gasteiger partial charge < -0.3 is 14.4 Å². The quantitative estimate of drug-likeness (QED) is 0.615. The molecule has 1 aliphatic heterocycles. The summed E-state index contributed by atoms with van der Waals surface area (Å²) in [6.45, 7) is 5.20. The molecule has 1 aromatic rings. The summed E-state index contributed by atoms with van der Waals surface area (Å²) in [5, 5.41) is 0. The number of carbonyl (C=O) groups excluding carboxylic acids is 2. The van der Waals surface area contributed by atoms with E-state index in [-0.39, 0.29) is 10.5 Å². The number of anilines is 1. The molecule has 0 aliphatic carbocycles. The highest BCUT2D eigenvalue weighted by atomic mass is 32.2. The average molecular weight is 398 g/mol. The second-order valence-electron chi connectivity index (χ2n) is 6.11. The van der Waals surface area contributed by atoms with Gasteiger partial charge in [0.25, 0.3) is 0 Å². The molecule has 0 saturated carbocycles. The molecule has 1 saturated heterocycles. The van der Waals surface area contributed by atoms with Crippen LogP contribution in [0.2, 0.25) is 0 Å². The van der Waals surface area contributed by atoms with Gasteiger partial charge in [0.15, 0.2) is 6.61 Å². The van der Waals surface area contributed by atoms with Gasteiger partial charge in [-0.1, -0.05) is 13.8 Å². The van der Waals surface area contributed by atoms with Crippen LogP contribution < -0.4 is 4.90 Å². The molecule has 1 fully saturated rings. The highest BCUT2D eigenvalue weighted by Crippen LogP contribution is 2.29. The Morgan fingerprint density at radius 2 is 1.78 bits per heavy atom. The van der Waals surface area contributed by atoms with Crippen LogP contribution >= 0.6 is 0 Å². The van der Waals surface area contributed by atoms with Crippen molar-refractivity contribution < 1.29 is 27.5 Å². The molecule has 0 N–H and O–H groups in total. The summed E-state index contributed by atoms with van der Waals surface area (Å²) in [6.07, 6.45) is 1.99. The van der Waals surface area contributed by atoms with Crippen molar-refractivity contribution in [2.24, 2.45) is 0 Å². The molecule has 0 atom stereocenters. The van der Waals surface area contributed by atoms with Crippen LogP contribution in [0.5, 0.6) is 0 Å². The number of hydrogen-bond donors (Lipinski definition) is 0. The highest BCUT2D eigenvalue weighted by molar-refractivity contribution is 7.89. The molecule has 0 aromatic heterocycles. The predicted octanol–water partition coefficient (Wildman–Crippen LogP) is 1.65. The molecule has 0 amide bonds. The fraction of sp³-hybridized carbons (Fsp3) is 0.556. The van der Waals surface area contributed by atoms with Gasteiger partial charge in [-0.15, -0.1) is 0 Å². The number of hydrogen-bond acceptors (Lipinski definition) is 7. The minimum absolute atomic E-state index is 0.0270. The minimum Gasteiger partial charge on any atom is -0.466 e. The van der Waals surface area contributed by atoms with E-state index in [1.165, 1.54) is 23.5 Å². The summed E-state index contributed by atoms with van der Waals surface area (Å²) >= 11 is 0. The fourth-order valence-corrected chi connectivity index (χ4v) is 4.53. The Kier molecular flexibility index (Phi) is 7.20. The van der Waals surface area contributed by atoms with Gasteiger partial charge in [-0.05, 0) is 31.0 Å². The van der Waals surface area contributed by atoms with Crippen molar-refractivity contribution in [1.82, 2.24) is 4.31 Å². The van der Waals surface area contributed by atoms with Crippen LogP contribution in [0.3, 0.4) is 0 Å². The Balaban J connectivity index is 2.42. The molecular formula is C18H26N2O6S. The standard InChI is InChI=1S/C18H26N2O6S/c1-4-20(5-2)27(23,24)14-8-9-16(19-10-6-7-11-19)15(12-14)18(22)26-13-17(21)25-3/h8-9,12H,4-7,10-11,13H2,1-3H3. The van der Waals surface area contributed by atoms with Gasteiger partial charge in [0.05, 0.1) is 23.3 Å². The first-order valence-electron chi connectivity index (χ1n) is 8.98. The maximum Gasteiger partial charge on any atom is 0.344 e. The van der Waals surface area contributed by atoms with E-state index in [2.05, 4.69) is 4.74 Å². The Morgan fingerprint density at radius 3 is 2.33 bits per heavy atom. The first kappa shape index (κ1) is 21.2. The molecule has 150 valence electrons. The lowest BCUT2D eigenvalue weighted by molar-refractivity contribution is -0.144. The van der Waals surface area contributed by atoms with Gasteiger partial charge >= 0.3 is 11.9 Å². The van der Waals surface area contributed by atoms with E-state index in [4.69, 9.17) is 4.74 Å². The zero-order chi connectivity index (χ0) is 20.0. The highest BCUT2D eigenvalue weighted by Gasteiger charge is 2.27. The second kappa shape index (κ2) is 9.18. The van der Waals surface area contributed by atoms with Crippen LogP contribution in [-0.4, -0.2) is 64.6 Å². The summed E-state index contributed by atoms with van der Waals surface area (Å²) in [7, 11) is -2.52. The molecule has 27 heavy (non-hydrogen) atoms.